The summed E-state index contributed by atoms with van der Waals surface area (Å²) >= 11 is 0. The summed E-state index contributed by atoms with van der Waals surface area (Å²) in [6, 6.07) is 6.46. The largest absolute Gasteiger partial charge is 0.375 e. The smallest absolute Gasteiger partial charge is 0.248 e. The fourth-order valence-corrected chi connectivity index (χ4v) is 7.20. The Morgan fingerprint density at radius 3 is 2.44 bits per heavy atom. The van der Waals surface area contributed by atoms with Crippen molar-refractivity contribution >= 4 is 25.8 Å². The number of benzene rings is 1. The average molecular weight is 388 g/mol. The SMILES string of the molecule is COCC(=O)N1CCN(S(=O)(=O)c2ccccc2)[C@@H]2CS(=O)(=O)C[C@@H]21. The summed E-state index contributed by atoms with van der Waals surface area (Å²) in [4.78, 5) is 13.8. The summed E-state index contributed by atoms with van der Waals surface area (Å²) < 4.78 is 56.3. The van der Waals surface area contributed by atoms with Crippen LogP contribution in [0.3, 0.4) is 0 Å². The van der Waals surface area contributed by atoms with Gasteiger partial charge in [0.2, 0.25) is 15.9 Å². The van der Waals surface area contributed by atoms with Crippen molar-refractivity contribution in [1.29, 1.82) is 0 Å². The van der Waals surface area contributed by atoms with E-state index < -0.39 is 31.9 Å². The van der Waals surface area contributed by atoms with Gasteiger partial charge in [-0.25, -0.2) is 16.8 Å². The first kappa shape index (κ1) is 18.3. The Hall–Kier alpha value is -1.49. The van der Waals surface area contributed by atoms with Crippen LogP contribution >= 0.6 is 0 Å². The number of sulfone groups is 1. The van der Waals surface area contributed by atoms with Crippen molar-refractivity contribution in [1.82, 2.24) is 9.21 Å². The third-order valence-corrected chi connectivity index (χ3v) is 8.20. The molecule has 0 N–H and O–H groups in total. The third-order valence-electron chi connectivity index (χ3n) is 4.56. The molecule has 3 rings (SSSR count). The van der Waals surface area contributed by atoms with Crippen molar-refractivity contribution in [2.75, 3.05) is 38.3 Å². The fourth-order valence-electron chi connectivity index (χ4n) is 3.46. The predicted octanol–water partition coefficient (Wildman–Crippen LogP) is -0.668. The van der Waals surface area contributed by atoms with Crippen molar-refractivity contribution in [3.8, 4) is 0 Å². The number of hydrogen-bond donors (Lipinski definition) is 0. The molecule has 0 saturated carbocycles. The maximum absolute atomic E-state index is 12.9. The van der Waals surface area contributed by atoms with Crippen LogP contribution in [0.15, 0.2) is 35.2 Å². The zero-order valence-electron chi connectivity index (χ0n) is 13.7. The second kappa shape index (κ2) is 6.67. The first-order valence-electron chi connectivity index (χ1n) is 7.82. The minimum Gasteiger partial charge on any atom is -0.375 e. The summed E-state index contributed by atoms with van der Waals surface area (Å²) in [5, 5.41) is 0. The van der Waals surface area contributed by atoms with Gasteiger partial charge in [0.1, 0.15) is 6.61 Å². The molecule has 0 aromatic heterocycles. The molecule has 2 fully saturated rings. The molecule has 25 heavy (non-hydrogen) atoms. The average Bonchev–Trinajstić information content (AvgIpc) is 2.89. The first-order valence-corrected chi connectivity index (χ1v) is 11.1. The van der Waals surface area contributed by atoms with Gasteiger partial charge in [-0.2, -0.15) is 4.31 Å². The first-order chi connectivity index (χ1) is 11.8. The number of fused-ring (bicyclic) bond motifs is 1. The highest BCUT2D eigenvalue weighted by atomic mass is 32.2. The molecule has 10 heteroatoms. The number of rotatable bonds is 4. The normalized spacial score (nSPS) is 26.4. The number of sulfonamides is 1. The van der Waals surface area contributed by atoms with Gasteiger partial charge in [-0.3, -0.25) is 4.79 Å². The number of carbonyl (C=O) groups excluding carboxylic acids is 1. The van der Waals surface area contributed by atoms with Crippen LogP contribution < -0.4 is 0 Å². The van der Waals surface area contributed by atoms with Gasteiger partial charge in [-0.1, -0.05) is 18.2 Å². The molecule has 2 saturated heterocycles. The van der Waals surface area contributed by atoms with Gasteiger partial charge < -0.3 is 9.64 Å². The minimum atomic E-state index is -3.83. The molecule has 2 aliphatic heterocycles. The van der Waals surface area contributed by atoms with Crippen molar-refractivity contribution in [3.05, 3.63) is 30.3 Å². The van der Waals surface area contributed by atoms with Gasteiger partial charge in [0.15, 0.2) is 9.84 Å². The van der Waals surface area contributed by atoms with E-state index in [-0.39, 0.29) is 42.0 Å². The molecule has 1 aromatic carbocycles. The molecule has 1 amide bonds. The Kier molecular flexibility index (Phi) is 4.89. The standard InChI is InChI=1S/C15H20N2O6S2/c1-23-9-15(18)16-7-8-17(14-11-24(19,20)10-13(14)16)25(21,22)12-5-3-2-4-6-12/h2-6,13-14H,7-11H2,1H3/t13-,14+/m0/s1. The van der Waals surface area contributed by atoms with E-state index in [1.54, 1.807) is 18.2 Å². The van der Waals surface area contributed by atoms with Gasteiger partial charge in [-0.05, 0) is 12.1 Å². The second-order valence-corrected chi connectivity index (χ2v) is 10.2. The van der Waals surface area contributed by atoms with E-state index in [9.17, 15) is 21.6 Å². The van der Waals surface area contributed by atoms with Crippen LogP contribution in [0.2, 0.25) is 0 Å². The number of piperazine rings is 1. The molecule has 2 atom stereocenters. The third kappa shape index (κ3) is 3.43. The molecule has 0 bridgehead atoms. The molecule has 0 aliphatic carbocycles. The number of hydrogen-bond acceptors (Lipinski definition) is 6. The summed E-state index contributed by atoms with van der Waals surface area (Å²) in [7, 11) is -5.87. The molecular formula is C15H20N2O6S2. The van der Waals surface area contributed by atoms with E-state index in [0.29, 0.717) is 0 Å². The lowest BCUT2D eigenvalue weighted by Gasteiger charge is -2.42. The number of amides is 1. The van der Waals surface area contributed by atoms with Crippen LogP contribution in [0.5, 0.6) is 0 Å². The zero-order valence-corrected chi connectivity index (χ0v) is 15.4. The van der Waals surface area contributed by atoms with Crippen molar-refractivity contribution < 1.29 is 26.4 Å². The number of nitrogens with zero attached hydrogens (tertiary/aromatic N) is 2. The van der Waals surface area contributed by atoms with Gasteiger partial charge >= 0.3 is 0 Å². The molecule has 2 aliphatic rings. The van der Waals surface area contributed by atoms with Crippen LogP contribution in [-0.4, -0.2) is 82.3 Å². The Balaban J connectivity index is 1.95. The molecular weight excluding hydrogens is 368 g/mol. The topological polar surface area (TPSA) is 101 Å². The molecule has 8 nitrogen and oxygen atoms in total. The number of carbonyl (C=O) groups is 1. The van der Waals surface area contributed by atoms with E-state index in [1.165, 1.54) is 28.4 Å². The Bertz CT molecular complexity index is 853. The summed E-state index contributed by atoms with van der Waals surface area (Å²) in [5.41, 5.74) is 0. The fraction of sp³-hybridized carbons (Fsp3) is 0.533. The minimum absolute atomic E-state index is 0.0589. The van der Waals surface area contributed by atoms with Crippen molar-refractivity contribution in [2.24, 2.45) is 0 Å². The van der Waals surface area contributed by atoms with E-state index in [2.05, 4.69) is 0 Å². The molecule has 138 valence electrons. The van der Waals surface area contributed by atoms with Gasteiger partial charge in [-0.15, -0.1) is 0 Å². The van der Waals surface area contributed by atoms with Crippen molar-refractivity contribution in [2.45, 2.75) is 17.0 Å². The number of methoxy groups -OCH3 is 1. The maximum Gasteiger partial charge on any atom is 0.248 e. The molecule has 2 heterocycles. The lowest BCUT2D eigenvalue weighted by Crippen LogP contribution is -2.62. The summed E-state index contributed by atoms with van der Waals surface area (Å²) in [6.45, 7) is 0.0447. The predicted molar refractivity (Wildman–Crippen MR) is 90.2 cm³/mol. The van der Waals surface area contributed by atoms with Gasteiger partial charge in [0.25, 0.3) is 0 Å². The molecule has 0 unspecified atom stereocenters. The highest BCUT2D eigenvalue weighted by Crippen LogP contribution is 2.31. The van der Waals surface area contributed by atoms with Gasteiger partial charge in [0, 0.05) is 20.2 Å². The molecule has 0 spiro atoms. The van der Waals surface area contributed by atoms with Gasteiger partial charge in [0.05, 0.1) is 28.5 Å². The molecule has 1 aromatic rings. The van der Waals surface area contributed by atoms with E-state index in [4.69, 9.17) is 4.74 Å². The van der Waals surface area contributed by atoms with Crippen LogP contribution in [0.25, 0.3) is 0 Å². The van der Waals surface area contributed by atoms with E-state index >= 15 is 0 Å². The Labute approximate surface area is 147 Å². The molecule has 0 radical (unpaired) electrons. The quantitative estimate of drug-likeness (QED) is 0.678. The zero-order chi connectivity index (χ0) is 18.2. The van der Waals surface area contributed by atoms with E-state index in [0.717, 1.165) is 0 Å². The second-order valence-electron chi connectivity index (χ2n) is 6.16. The van der Waals surface area contributed by atoms with Crippen LogP contribution in [-0.2, 0) is 29.4 Å². The summed E-state index contributed by atoms with van der Waals surface area (Å²) in [5.74, 6) is -0.833. The lowest BCUT2D eigenvalue weighted by molar-refractivity contribution is -0.139. The number of ether oxygens (including phenoxy) is 1. The van der Waals surface area contributed by atoms with E-state index in [1.807, 2.05) is 0 Å². The van der Waals surface area contributed by atoms with Crippen LogP contribution in [0, 0.1) is 0 Å². The Morgan fingerprint density at radius 2 is 1.80 bits per heavy atom. The monoisotopic (exact) mass is 388 g/mol. The lowest BCUT2D eigenvalue weighted by atomic mass is 10.1. The summed E-state index contributed by atoms with van der Waals surface area (Å²) in [6.07, 6.45) is 0. The maximum atomic E-state index is 12.9. The highest BCUT2D eigenvalue weighted by molar-refractivity contribution is 7.92. The highest BCUT2D eigenvalue weighted by Gasteiger charge is 2.51. The Morgan fingerprint density at radius 1 is 1.16 bits per heavy atom. The van der Waals surface area contributed by atoms with Crippen LogP contribution in [0.4, 0.5) is 0 Å². The van der Waals surface area contributed by atoms with Crippen molar-refractivity contribution in [3.63, 3.8) is 0 Å². The van der Waals surface area contributed by atoms with Crippen LogP contribution in [0.1, 0.15) is 0 Å².